The molecule has 0 bridgehead atoms. The molecular formula is C13H22O4. The minimum atomic E-state index is -1.10. The summed E-state index contributed by atoms with van der Waals surface area (Å²) in [7, 11) is 0. The minimum absolute atomic E-state index is 0.00894. The van der Waals surface area contributed by atoms with E-state index in [1.807, 2.05) is 20.8 Å². The summed E-state index contributed by atoms with van der Waals surface area (Å²) in [6.45, 7) is 7.32. The van der Waals surface area contributed by atoms with Crippen LogP contribution in [0.25, 0.3) is 0 Å². The van der Waals surface area contributed by atoms with Gasteiger partial charge in [-0.25, -0.2) is 9.59 Å². The number of aliphatic carboxylic acids is 1. The molecule has 0 fully saturated rings. The van der Waals surface area contributed by atoms with Gasteiger partial charge in [-0.1, -0.05) is 26.7 Å². The number of esters is 1. The van der Waals surface area contributed by atoms with Crippen molar-refractivity contribution in [1.29, 1.82) is 0 Å². The van der Waals surface area contributed by atoms with Crippen molar-refractivity contribution in [2.75, 3.05) is 0 Å². The van der Waals surface area contributed by atoms with E-state index in [1.165, 1.54) is 6.92 Å². The molecule has 0 aliphatic heterocycles. The smallest absolute Gasteiger partial charge is 0.331 e. The molecule has 0 aromatic heterocycles. The Balaban J connectivity index is 4.61. The average molecular weight is 242 g/mol. The van der Waals surface area contributed by atoms with Crippen LogP contribution < -0.4 is 0 Å². The Morgan fingerprint density at radius 2 is 1.71 bits per heavy atom. The van der Waals surface area contributed by atoms with E-state index in [2.05, 4.69) is 0 Å². The molecule has 0 aliphatic rings. The highest BCUT2D eigenvalue weighted by Crippen LogP contribution is 2.24. The number of carbonyl (C=O) groups is 2. The fourth-order valence-corrected chi connectivity index (χ4v) is 1.80. The fraction of sp³-hybridized carbons (Fsp3) is 0.692. The Bertz CT molecular complexity index is 299. The lowest BCUT2D eigenvalue weighted by Gasteiger charge is -2.28. The molecule has 0 aromatic rings. The molecule has 17 heavy (non-hydrogen) atoms. The van der Waals surface area contributed by atoms with Crippen molar-refractivity contribution in [2.24, 2.45) is 0 Å². The van der Waals surface area contributed by atoms with Crippen molar-refractivity contribution in [3.63, 3.8) is 0 Å². The number of carboxylic acids is 1. The molecule has 0 saturated heterocycles. The molecule has 0 amide bonds. The van der Waals surface area contributed by atoms with E-state index in [4.69, 9.17) is 9.84 Å². The molecule has 0 radical (unpaired) electrons. The molecule has 98 valence electrons. The highest BCUT2D eigenvalue weighted by Gasteiger charge is 2.26. The van der Waals surface area contributed by atoms with E-state index in [0.717, 1.165) is 31.8 Å². The first-order valence-corrected chi connectivity index (χ1v) is 5.99. The zero-order valence-corrected chi connectivity index (χ0v) is 11.1. The Kier molecular flexibility index (Phi) is 6.54. The quantitative estimate of drug-likeness (QED) is 0.550. The van der Waals surface area contributed by atoms with Crippen molar-refractivity contribution in [1.82, 2.24) is 0 Å². The van der Waals surface area contributed by atoms with E-state index < -0.39 is 17.5 Å². The molecule has 4 nitrogen and oxygen atoms in total. The lowest BCUT2D eigenvalue weighted by atomic mass is 9.95. The second-order valence-electron chi connectivity index (χ2n) is 4.50. The Hall–Kier alpha value is -1.32. The first kappa shape index (κ1) is 15.7. The molecule has 0 spiro atoms. The number of carboxylic acid groups (broad SMARTS) is 1. The van der Waals surface area contributed by atoms with Crippen LogP contribution in [0.15, 0.2) is 11.6 Å². The summed E-state index contributed by atoms with van der Waals surface area (Å²) in [5, 5.41) is 8.66. The van der Waals surface area contributed by atoms with Crippen LogP contribution in [0.1, 0.15) is 53.4 Å². The minimum Gasteiger partial charge on any atom is -0.478 e. The third-order valence-corrected chi connectivity index (χ3v) is 2.58. The number of hydrogen-bond acceptors (Lipinski definition) is 3. The molecule has 0 rings (SSSR count). The van der Waals surface area contributed by atoms with E-state index in [1.54, 1.807) is 0 Å². The predicted molar refractivity (Wildman–Crippen MR) is 65.7 cm³/mol. The van der Waals surface area contributed by atoms with Gasteiger partial charge in [-0.2, -0.15) is 0 Å². The topological polar surface area (TPSA) is 63.6 Å². The predicted octanol–water partition coefficient (Wildman–Crippen LogP) is 2.92. The monoisotopic (exact) mass is 242 g/mol. The van der Waals surface area contributed by atoms with Gasteiger partial charge in [-0.15, -0.1) is 0 Å². The van der Waals surface area contributed by atoms with Gasteiger partial charge in [0.25, 0.3) is 0 Å². The second-order valence-corrected chi connectivity index (χ2v) is 4.50. The summed E-state index contributed by atoms with van der Waals surface area (Å²) in [6, 6.07) is 0. The standard InChI is InChI=1S/C13H22O4/c1-5-7-13(4,8-6-2)17-11(14)9-10(3)12(15)16/h9H,5-8H2,1-4H3,(H,15,16)/b10-9+. The van der Waals surface area contributed by atoms with Crippen LogP contribution in [0.5, 0.6) is 0 Å². The van der Waals surface area contributed by atoms with Gasteiger partial charge in [0.15, 0.2) is 0 Å². The third-order valence-electron chi connectivity index (χ3n) is 2.58. The van der Waals surface area contributed by atoms with Gasteiger partial charge in [-0.05, 0) is 26.7 Å². The maximum absolute atomic E-state index is 11.6. The molecule has 0 heterocycles. The van der Waals surface area contributed by atoms with E-state index >= 15 is 0 Å². The molecule has 4 heteroatoms. The molecule has 0 aromatic carbocycles. The summed E-state index contributed by atoms with van der Waals surface area (Å²) >= 11 is 0. The maximum Gasteiger partial charge on any atom is 0.331 e. The van der Waals surface area contributed by atoms with Crippen molar-refractivity contribution in [3.8, 4) is 0 Å². The van der Waals surface area contributed by atoms with Gasteiger partial charge in [-0.3, -0.25) is 0 Å². The summed E-state index contributed by atoms with van der Waals surface area (Å²) < 4.78 is 5.36. The van der Waals surface area contributed by atoms with Crippen molar-refractivity contribution >= 4 is 11.9 Å². The summed E-state index contributed by atoms with van der Waals surface area (Å²) in [5.74, 6) is -1.68. The van der Waals surface area contributed by atoms with Crippen LogP contribution in [-0.2, 0) is 14.3 Å². The molecule has 0 aliphatic carbocycles. The molecule has 0 saturated carbocycles. The Labute approximate surface area is 103 Å². The SMILES string of the molecule is CCCC(C)(CCC)OC(=O)/C=C(\C)C(=O)O. The zero-order valence-electron chi connectivity index (χ0n) is 11.1. The lowest BCUT2D eigenvalue weighted by molar-refractivity contribution is -0.153. The normalized spacial score (nSPS) is 12.4. The van der Waals surface area contributed by atoms with E-state index in [0.29, 0.717) is 0 Å². The van der Waals surface area contributed by atoms with Crippen LogP contribution in [0.4, 0.5) is 0 Å². The van der Waals surface area contributed by atoms with Crippen molar-refractivity contribution in [3.05, 3.63) is 11.6 Å². The average Bonchev–Trinajstić information content (AvgIpc) is 2.16. The Morgan fingerprint density at radius 3 is 2.06 bits per heavy atom. The van der Waals surface area contributed by atoms with Crippen molar-refractivity contribution < 1.29 is 19.4 Å². The van der Waals surface area contributed by atoms with E-state index in [9.17, 15) is 9.59 Å². The van der Waals surface area contributed by atoms with Gasteiger partial charge in [0.1, 0.15) is 5.60 Å². The highest BCUT2D eigenvalue weighted by molar-refractivity contribution is 5.94. The molecule has 1 N–H and O–H groups in total. The van der Waals surface area contributed by atoms with Gasteiger partial charge < -0.3 is 9.84 Å². The molecular weight excluding hydrogens is 220 g/mol. The van der Waals surface area contributed by atoms with Gasteiger partial charge in [0, 0.05) is 11.6 Å². The number of carbonyl (C=O) groups excluding carboxylic acids is 1. The first-order valence-electron chi connectivity index (χ1n) is 5.99. The van der Waals surface area contributed by atoms with Crippen LogP contribution in [0.3, 0.4) is 0 Å². The summed E-state index contributed by atoms with van der Waals surface area (Å²) in [6.07, 6.45) is 4.45. The third kappa shape index (κ3) is 6.09. The fourth-order valence-electron chi connectivity index (χ4n) is 1.80. The first-order chi connectivity index (χ1) is 7.84. The van der Waals surface area contributed by atoms with Crippen LogP contribution >= 0.6 is 0 Å². The largest absolute Gasteiger partial charge is 0.478 e. The van der Waals surface area contributed by atoms with E-state index in [-0.39, 0.29) is 5.57 Å². The van der Waals surface area contributed by atoms with Gasteiger partial charge in [0.05, 0.1) is 0 Å². The van der Waals surface area contributed by atoms with Crippen LogP contribution in [0.2, 0.25) is 0 Å². The summed E-state index contributed by atoms with van der Waals surface area (Å²) in [4.78, 5) is 22.1. The second kappa shape index (κ2) is 7.09. The highest BCUT2D eigenvalue weighted by atomic mass is 16.6. The van der Waals surface area contributed by atoms with Crippen LogP contribution in [0, 0.1) is 0 Å². The lowest BCUT2D eigenvalue weighted by Crippen LogP contribution is -2.31. The molecule has 0 unspecified atom stereocenters. The number of rotatable bonds is 7. The Morgan fingerprint density at radius 1 is 1.24 bits per heavy atom. The zero-order chi connectivity index (χ0) is 13.5. The summed E-state index contributed by atoms with van der Waals surface area (Å²) in [5.41, 5.74) is -0.499. The maximum atomic E-state index is 11.6. The molecule has 0 atom stereocenters. The van der Waals surface area contributed by atoms with Crippen LogP contribution in [-0.4, -0.2) is 22.6 Å². The number of hydrogen-bond donors (Lipinski definition) is 1. The number of ether oxygens (including phenoxy) is 1. The van der Waals surface area contributed by atoms with Gasteiger partial charge in [0.2, 0.25) is 0 Å². The van der Waals surface area contributed by atoms with Crippen molar-refractivity contribution in [2.45, 2.75) is 59.0 Å². The van der Waals surface area contributed by atoms with Gasteiger partial charge >= 0.3 is 11.9 Å².